The molecule has 0 atom stereocenters. The van der Waals surface area contributed by atoms with Crippen molar-refractivity contribution >= 4 is 39.1 Å². The number of carbonyl (C=O) groups excluding carboxylic acids is 2. The molecule has 0 aliphatic rings. The fourth-order valence-electron chi connectivity index (χ4n) is 3.16. The predicted molar refractivity (Wildman–Crippen MR) is 118 cm³/mol. The van der Waals surface area contributed by atoms with E-state index >= 15 is 0 Å². The monoisotopic (exact) mass is 427 g/mol. The zero-order valence-electron chi connectivity index (χ0n) is 17.4. The highest BCUT2D eigenvalue weighted by molar-refractivity contribution is 7.20. The van der Waals surface area contributed by atoms with Gasteiger partial charge in [0.1, 0.15) is 4.83 Å². The molecule has 7 nitrogen and oxygen atoms in total. The summed E-state index contributed by atoms with van der Waals surface area (Å²) in [5, 5.41) is 3.32. The summed E-state index contributed by atoms with van der Waals surface area (Å²) >= 11 is 1.21. The highest BCUT2D eigenvalue weighted by atomic mass is 32.1. The van der Waals surface area contributed by atoms with Crippen LogP contribution >= 0.6 is 11.3 Å². The number of nitrogens with one attached hydrogen (secondary N) is 1. The molecule has 0 aliphatic carbocycles. The maximum atomic E-state index is 12.8. The number of unbranched alkanes of at least 4 members (excludes halogenated alkanes) is 2. The molecule has 2 heterocycles. The van der Waals surface area contributed by atoms with Crippen molar-refractivity contribution in [3.8, 4) is 0 Å². The first kappa shape index (κ1) is 21.7. The molecular weight excluding hydrogens is 402 g/mol. The predicted octanol–water partition coefficient (Wildman–Crippen LogP) is 4.39. The summed E-state index contributed by atoms with van der Waals surface area (Å²) in [4.78, 5) is 42.8. The minimum Gasteiger partial charge on any atom is -0.462 e. The number of esters is 1. The number of anilines is 1. The average Bonchev–Trinajstić information content (AvgIpc) is 3.08. The van der Waals surface area contributed by atoms with Gasteiger partial charge in [-0.05, 0) is 50.1 Å². The lowest BCUT2D eigenvalue weighted by Gasteiger charge is -2.06. The largest absolute Gasteiger partial charge is 0.462 e. The Bertz CT molecular complexity index is 1120. The van der Waals surface area contributed by atoms with Gasteiger partial charge in [0, 0.05) is 12.2 Å². The number of aromatic nitrogens is 2. The van der Waals surface area contributed by atoms with E-state index in [1.807, 2.05) is 0 Å². The van der Waals surface area contributed by atoms with Gasteiger partial charge in [-0.25, -0.2) is 9.78 Å². The maximum absolute atomic E-state index is 12.8. The summed E-state index contributed by atoms with van der Waals surface area (Å²) in [6.07, 6.45) is 4.61. The molecule has 0 radical (unpaired) electrons. The van der Waals surface area contributed by atoms with Crippen LogP contribution in [0.5, 0.6) is 0 Å². The third-order valence-corrected chi connectivity index (χ3v) is 5.98. The van der Waals surface area contributed by atoms with Gasteiger partial charge in [0.25, 0.3) is 11.5 Å². The molecule has 1 amide bonds. The van der Waals surface area contributed by atoms with Crippen LogP contribution in [-0.4, -0.2) is 28.0 Å². The molecule has 1 N–H and O–H groups in total. The van der Waals surface area contributed by atoms with E-state index in [9.17, 15) is 14.4 Å². The Morgan fingerprint density at radius 2 is 1.90 bits per heavy atom. The Hall–Kier alpha value is -3.00. The van der Waals surface area contributed by atoms with E-state index in [1.54, 1.807) is 49.0 Å². The van der Waals surface area contributed by atoms with Gasteiger partial charge in [-0.1, -0.05) is 19.8 Å². The number of ether oxygens (including phenoxy) is 1. The Labute approximate surface area is 178 Å². The maximum Gasteiger partial charge on any atom is 0.338 e. The lowest BCUT2D eigenvalue weighted by Crippen LogP contribution is -2.20. The summed E-state index contributed by atoms with van der Waals surface area (Å²) in [5.74, 6) is -0.715. The zero-order valence-corrected chi connectivity index (χ0v) is 18.2. The number of hydrogen-bond donors (Lipinski definition) is 1. The van der Waals surface area contributed by atoms with Crippen molar-refractivity contribution in [2.45, 2.75) is 46.6 Å². The van der Waals surface area contributed by atoms with E-state index < -0.39 is 5.97 Å². The fourth-order valence-corrected chi connectivity index (χ4v) is 4.19. The highest BCUT2D eigenvalue weighted by Gasteiger charge is 2.19. The van der Waals surface area contributed by atoms with Gasteiger partial charge in [0.05, 0.1) is 28.8 Å². The molecule has 0 saturated heterocycles. The number of benzene rings is 1. The van der Waals surface area contributed by atoms with Crippen molar-refractivity contribution in [2.24, 2.45) is 0 Å². The Kier molecular flexibility index (Phi) is 6.99. The van der Waals surface area contributed by atoms with Gasteiger partial charge in [-0.15, -0.1) is 11.3 Å². The van der Waals surface area contributed by atoms with Crippen LogP contribution in [0.4, 0.5) is 5.69 Å². The van der Waals surface area contributed by atoms with Gasteiger partial charge in [0.2, 0.25) is 0 Å². The van der Waals surface area contributed by atoms with E-state index in [1.165, 1.54) is 11.3 Å². The second kappa shape index (κ2) is 9.67. The Balaban J connectivity index is 1.81. The van der Waals surface area contributed by atoms with E-state index in [2.05, 4.69) is 17.2 Å². The number of thiophene rings is 1. The standard InChI is InChI=1S/C22H25N3O4S/c1-4-6-7-12-25-13-23-20-17(21(25)27)14(3)18(30-20)19(26)24-16-10-8-15(9-11-16)22(28)29-5-2/h8-11,13H,4-7,12H2,1-3H3,(H,24,26). The lowest BCUT2D eigenvalue weighted by atomic mass is 10.2. The van der Waals surface area contributed by atoms with Gasteiger partial charge in [0.15, 0.2) is 0 Å². The molecule has 0 aliphatic heterocycles. The quantitative estimate of drug-likeness (QED) is 0.425. The molecule has 0 unspecified atom stereocenters. The molecule has 2 aromatic heterocycles. The first-order valence-corrected chi connectivity index (χ1v) is 10.8. The topological polar surface area (TPSA) is 90.3 Å². The van der Waals surface area contributed by atoms with Crippen LogP contribution in [0, 0.1) is 6.92 Å². The van der Waals surface area contributed by atoms with Gasteiger partial charge < -0.3 is 10.1 Å². The van der Waals surface area contributed by atoms with Crippen molar-refractivity contribution in [3.05, 3.63) is 57.0 Å². The van der Waals surface area contributed by atoms with Gasteiger partial charge in [-0.2, -0.15) is 0 Å². The highest BCUT2D eigenvalue weighted by Crippen LogP contribution is 2.27. The fraction of sp³-hybridized carbons (Fsp3) is 0.364. The number of fused-ring (bicyclic) bond motifs is 1. The van der Waals surface area contributed by atoms with Crippen molar-refractivity contribution in [2.75, 3.05) is 11.9 Å². The van der Waals surface area contributed by atoms with Crippen molar-refractivity contribution < 1.29 is 14.3 Å². The molecule has 0 saturated carbocycles. The summed E-state index contributed by atoms with van der Waals surface area (Å²) < 4.78 is 6.57. The minimum absolute atomic E-state index is 0.109. The zero-order chi connectivity index (χ0) is 21.7. The Morgan fingerprint density at radius 1 is 1.17 bits per heavy atom. The van der Waals surface area contributed by atoms with Crippen LogP contribution in [-0.2, 0) is 11.3 Å². The molecule has 0 bridgehead atoms. The second-order valence-electron chi connectivity index (χ2n) is 6.94. The van der Waals surface area contributed by atoms with Crippen LogP contribution in [0.15, 0.2) is 35.4 Å². The van der Waals surface area contributed by atoms with Gasteiger partial charge >= 0.3 is 5.97 Å². The van der Waals surface area contributed by atoms with E-state index in [-0.39, 0.29) is 11.5 Å². The minimum atomic E-state index is -0.406. The van der Waals surface area contributed by atoms with E-state index in [4.69, 9.17) is 4.74 Å². The normalized spacial score (nSPS) is 10.9. The number of amides is 1. The number of rotatable bonds is 8. The van der Waals surface area contributed by atoms with E-state index in [0.29, 0.717) is 45.1 Å². The van der Waals surface area contributed by atoms with Gasteiger partial charge in [-0.3, -0.25) is 14.2 Å². The van der Waals surface area contributed by atoms with E-state index in [0.717, 1.165) is 19.3 Å². The molecule has 0 spiro atoms. The van der Waals surface area contributed by atoms with Crippen molar-refractivity contribution in [1.29, 1.82) is 0 Å². The van der Waals surface area contributed by atoms with Crippen LogP contribution in [0.1, 0.15) is 58.7 Å². The number of carbonyl (C=O) groups is 2. The Morgan fingerprint density at radius 3 is 2.57 bits per heavy atom. The molecule has 30 heavy (non-hydrogen) atoms. The summed E-state index contributed by atoms with van der Waals surface area (Å²) in [5.41, 5.74) is 1.50. The second-order valence-corrected chi connectivity index (χ2v) is 7.94. The van der Waals surface area contributed by atoms with Crippen molar-refractivity contribution in [1.82, 2.24) is 9.55 Å². The average molecular weight is 428 g/mol. The molecule has 1 aromatic carbocycles. The number of aryl methyl sites for hydroxylation is 2. The molecule has 3 aromatic rings. The van der Waals surface area contributed by atoms with Crippen LogP contribution < -0.4 is 10.9 Å². The third-order valence-electron chi connectivity index (χ3n) is 4.78. The first-order chi connectivity index (χ1) is 14.5. The lowest BCUT2D eigenvalue weighted by molar-refractivity contribution is 0.0526. The van der Waals surface area contributed by atoms with Crippen LogP contribution in [0.25, 0.3) is 10.2 Å². The molecule has 0 fully saturated rings. The molecule has 3 rings (SSSR count). The SMILES string of the molecule is CCCCCn1cnc2sc(C(=O)Nc3ccc(C(=O)OCC)cc3)c(C)c2c1=O. The third kappa shape index (κ3) is 4.59. The molecular formula is C22H25N3O4S. The van der Waals surface area contributed by atoms with Crippen LogP contribution in [0.3, 0.4) is 0 Å². The summed E-state index contributed by atoms with van der Waals surface area (Å²) in [6.45, 7) is 6.56. The number of hydrogen-bond acceptors (Lipinski definition) is 6. The van der Waals surface area contributed by atoms with Crippen LogP contribution in [0.2, 0.25) is 0 Å². The first-order valence-electron chi connectivity index (χ1n) is 10.0. The number of nitrogens with zero attached hydrogens (tertiary/aromatic N) is 2. The van der Waals surface area contributed by atoms with Crippen molar-refractivity contribution in [3.63, 3.8) is 0 Å². The summed E-state index contributed by atoms with van der Waals surface area (Å²) in [7, 11) is 0. The summed E-state index contributed by atoms with van der Waals surface area (Å²) in [6, 6.07) is 6.49. The molecule has 8 heteroatoms. The molecule has 158 valence electrons. The smallest absolute Gasteiger partial charge is 0.338 e.